The summed E-state index contributed by atoms with van der Waals surface area (Å²) in [5.74, 6) is 2.30. The summed E-state index contributed by atoms with van der Waals surface area (Å²) in [6.07, 6.45) is 0. The lowest BCUT2D eigenvalue weighted by atomic mass is 10.1. The Morgan fingerprint density at radius 2 is 2.15 bits per heavy atom. The van der Waals surface area contributed by atoms with Gasteiger partial charge in [0.15, 0.2) is 5.13 Å². The van der Waals surface area contributed by atoms with Crippen LogP contribution in [0, 0.1) is 0 Å². The number of anilines is 1. The molecule has 3 nitrogen and oxygen atoms in total. The molecule has 0 radical (unpaired) electrons. The quantitative estimate of drug-likeness (QED) is 0.944. The molecule has 1 aromatic heterocycles. The van der Waals surface area contributed by atoms with Crippen LogP contribution in [0.15, 0.2) is 30.3 Å². The van der Waals surface area contributed by atoms with E-state index in [1.807, 2.05) is 42.1 Å². The monoisotopic (exact) mass is 306 g/mol. The van der Waals surface area contributed by atoms with Crippen LogP contribution in [0.1, 0.15) is 11.8 Å². The summed E-state index contributed by atoms with van der Waals surface area (Å²) in [5.41, 5.74) is 2.01. The van der Waals surface area contributed by atoms with E-state index in [9.17, 15) is 5.11 Å². The number of aliphatic hydroxyl groups is 1. The third-order valence-electron chi connectivity index (χ3n) is 3.49. The number of hydrogen-bond acceptors (Lipinski definition) is 5. The van der Waals surface area contributed by atoms with Crippen molar-refractivity contribution in [1.82, 2.24) is 4.98 Å². The molecule has 1 N–H and O–H groups in total. The number of aliphatic hydroxyl groups excluding tert-OH is 1. The van der Waals surface area contributed by atoms with E-state index in [4.69, 9.17) is 4.98 Å². The standard InChI is InChI=1S/C15H18N2OS2/c1-11-10-19-8-7-17(11)15-16-14(13(9-18)20-15)12-5-3-2-4-6-12/h2-6,11,18H,7-10H2,1H3. The molecule has 1 aliphatic rings. The smallest absolute Gasteiger partial charge is 0.186 e. The Kier molecular flexibility index (Phi) is 4.29. The van der Waals surface area contributed by atoms with Gasteiger partial charge in [-0.15, -0.1) is 0 Å². The minimum absolute atomic E-state index is 0.0544. The Balaban J connectivity index is 1.96. The molecule has 1 aromatic carbocycles. The average molecular weight is 306 g/mol. The summed E-state index contributed by atoms with van der Waals surface area (Å²) in [6, 6.07) is 10.6. The van der Waals surface area contributed by atoms with Crippen LogP contribution in [0.25, 0.3) is 11.3 Å². The Morgan fingerprint density at radius 1 is 1.35 bits per heavy atom. The molecule has 3 rings (SSSR count). The lowest BCUT2D eigenvalue weighted by Crippen LogP contribution is -2.40. The van der Waals surface area contributed by atoms with Gasteiger partial charge in [0, 0.05) is 29.7 Å². The molecule has 5 heteroatoms. The van der Waals surface area contributed by atoms with Gasteiger partial charge in [0.25, 0.3) is 0 Å². The number of benzene rings is 1. The first-order valence-corrected chi connectivity index (χ1v) is 8.77. The average Bonchev–Trinajstić information content (AvgIpc) is 2.92. The molecule has 1 atom stereocenters. The molecule has 2 aromatic rings. The van der Waals surface area contributed by atoms with E-state index in [0.717, 1.165) is 39.3 Å². The van der Waals surface area contributed by atoms with Crippen molar-refractivity contribution in [3.05, 3.63) is 35.2 Å². The van der Waals surface area contributed by atoms with Crippen LogP contribution in [0.4, 0.5) is 5.13 Å². The van der Waals surface area contributed by atoms with Gasteiger partial charge in [-0.3, -0.25) is 0 Å². The van der Waals surface area contributed by atoms with E-state index in [1.165, 1.54) is 0 Å². The third kappa shape index (κ3) is 2.71. The highest BCUT2D eigenvalue weighted by atomic mass is 32.2. The van der Waals surface area contributed by atoms with Gasteiger partial charge >= 0.3 is 0 Å². The van der Waals surface area contributed by atoms with Crippen LogP contribution in [0.2, 0.25) is 0 Å². The number of hydrogen-bond donors (Lipinski definition) is 1. The van der Waals surface area contributed by atoms with Crippen LogP contribution >= 0.6 is 23.1 Å². The second kappa shape index (κ2) is 6.16. The van der Waals surface area contributed by atoms with E-state index in [1.54, 1.807) is 11.3 Å². The normalized spacial score (nSPS) is 19.3. The van der Waals surface area contributed by atoms with Crippen molar-refractivity contribution in [2.75, 3.05) is 23.0 Å². The first-order chi connectivity index (χ1) is 9.79. The lowest BCUT2D eigenvalue weighted by Gasteiger charge is -2.32. The molecule has 1 aliphatic heterocycles. The van der Waals surface area contributed by atoms with Crippen molar-refractivity contribution in [3.8, 4) is 11.3 Å². The molecule has 1 saturated heterocycles. The van der Waals surface area contributed by atoms with E-state index in [2.05, 4.69) is 11.8 Å². The molecule has 2 heterocycles. The van der Waals surface area contributed by atoms with Crippen molar-refractivity contribution in [1.29, 1.82) is 0 Å². The zero-order valence-corrected chi connectivity index (χ0v) is 13.1. The molecule has 1 fully saturated rings. The van der Waals surface area contributed by atoms with E-state index in [-0.39, 0.29) is 6.61 Å². The highest BCUT2D eigenvalue weighted by Gasteiger charge is 2.23. The maximum atomic E-state index is 9.61. The zero-order chi connectivity index (χ0) is 13.9. The molecule has 20 heavy (non-hydrogen) atoms. The zero-order valence-electron chi connectivity index (χ0n) is 11.5. The van der Waals surface area contributed by atoms with Gasteiger partial charge in [-0.25, -0.2) is 4.98 Å². The van der Waals surface area contributed by atoms with Crippen LogP contribution in [-0.2, 0) is 6.61 Å². The number of rotatable bonds is 3. The van der Waals surface area contributed by atoms with Gasteiger partial charge in [0.1, 0.15) is 0 Å². The third-order valence-corrected chi connectivity index (χ3v) is 5.76. The summed E-state index contributed by atoms with van der Waals surface area (Å²) in [5, 5.41) is 10.6. The summed E-state index contributed by atoms with van der Waals surface area (Å²) >= 11 is 3.62. The van der Waals surface area contributed by atoms with Crippen molar-refractivity contribution in [3.63, 3.8) is 0 Å². The minimum Gasteiger partial charge on any atom is -0.391 e. The highest BCUT2D eigenvalue weighted by Crippen LogP contribution is 2.35. The fourth-order valence-corrected chi connectivity index (χ4v) is 4.49. The summed E-state index contributed by atoms with van der Waals surface area (Å²) in [7, 11) is 0. The second-order valence-electron chi connectivity index (χ2n) is 4.91. The molecule has 0 bridgehead atoms. The SMILES string of the molecule is CC1CSCCN1c1nc(-c2ccccc2)c(CO)s1. The number of thiazole rings is 1. The van der Waals surface area contributed by atoms with E-state index >= 15 is 0 Å². The molecular weight excluding hydrogens is 288 g/mol. The maximum Gasteiger partial charge on any atom is 0.186 e. The summed E-state index contributed by atoms with van der Waals surface area (Å²) in [6.45, 7) is 3.34. The van der Waals surface area contributed by atoms with Gasteiger partial charge in [-0.2, -0.15) is 11.8 Å². The Hall–Kier alpha value is -1.04. The summed E-state index contributed by atoms with van der Waals surface area (Å²) in [4.78, 5) is 8.12. The molecule has 1 unspecified atom stereocenters. The van der Waals surface area contributed by atoms with Gasteiger partial charge in [0.2, 0.25) is 0 Å². The van der Waals surface area contributed by atoms with Crippen LogP contribution < -0.4 is 4.90 Å². The second-order valence-corrected chi connectivity index (χ2v) is 7.12. The summed E-state index contributed by atoms with van der Waals surface area (Å²) < 4.78 is 0. The molecular formula is C15H18N2OS2. The predicted octanol–water partition coefficient (Wildman–Crippen LogP) is 3.24. The topological polar surface area (TPSA) is 36.4 Å². The van der Waals surface area contributed by atoms with Gasteiger partial charge in [0.05, 0.1) is 17.2 Å². The lowest BCUT2D eigenvalue weighted by molar-refractivity contribution is 0.286. The highest BCUT2D eigenvalue weighted by molar-refractivity contribution is 7.99. The number of thioether (sulfide) groups is 1. The fraction of sp³-hybridized carbons (Fsp3) is 0.400. The van der Waals surface area contributed by atoms with Gasteiger partial charge in [-0.05, 0) is 6.92 Å². The molecule has 0 saturated carbocycles. The molecule has 0 spiro atoms. The van der Waals surface area contributed by atoms with Crippen LogP contribution in [0.5, 0.6) is 0 Å². The Labute approximate surface area is 127 Å². The van der Waals surface area contributed by atoms with Gasteiger partial charge in [-0.1, -0.05) is 41.7 Å². The number of nitrogens with zero attached hydrogens (tertiary/aromatic N) is 2. The molecule has 0 aliphatic carbocycles. The maximum absolute atomic E-state index is 9.61. The van der Waals surface area contributed by atoms with E-state index < -0.39 is 0 Å². The van der Waals surface area contributed by atoms with Gasteiger partial charge < -0.3 is 10.0 Å². The minimum atomic E-state index is 0.0544. The Bertz CT molecular complexity index is 571. The van der Waals surface area contributed by atoms with Crippen molar-refractivity contribution >= 4 is 28.2 Å². The molecule has 0 amide bonds. The first kappa shape index (κ1) is 13.9. The van der Waals surface area contributed by atoms with E-state index in [0.29, 0.717) is 6.04 Å². The van der Waals surface area contributed by atoms with Crippen LogP contribution in [0.3, 0.4) is 0 Å². The number of aromatic nitrogens is 1. The van der Waals surface area contributed by atoms with Crippen molar-refractivity contribution in [2.24, 2.45) is 0 Å². The Morgan fingerprint density at radius 3 is 2.85 bits per heavy atom. The fourth-order valence-electron chi connectivity index (χ4n) is 2.40. The van der Waals surface area contributed by atoms with Crippen LogP contribution in [-0.4, -0.2) is 34.2 Å². The largest absolute Gasteiger partial charge is 0.391 e. The predicted molar refractivity (Wildman–Crippen MR) is 87.6 cm³/mol. The van der Waals surface area contributed by atoms with Crippen molar-refractivity contribution < 1.29 is 5.11 Å². The van der Waals surface area contributed by atoms with Crippen molar-refractivity contribution in [2.45, 2.75) is 19.6 Å². The molecule has 106 valence electrons. The first-order valence-electron chi connectivity index (χ1n) is 6.80.